The van der Waals surface area contributed by atoms with Crippen LogP contribution in [0, 0.1) is 0 Å². The SMILES string of the molecule is CCOC(=O)N[C@H]1Cc2ccccc2[C@H]1N1CCN(c2ncc(C(F)(F)F)cc2Cl)CC1. The largest absolute Gasteiger partial charge is 0.450 e. The second kappa shape index (κ2) is 9.15. The molecule has 1 N–H and O–H groups in total. The smallest absolute Gasteiger partial charge is 0.417 e. The van der Waals surface area contributed by atoms with Gasteiger partial charge < -0.3 is 15.0 Å². The maximum atomic E-state index is 12.9. The lowest BCUT2D eigenvalue weighted by molar-refractivity contribution is -0.137. The Kier molecular flexibility index (Phi) is 6.48. The lowest BCUT2D eigenvalue weighted by Gasteiger charge is -2.41. The fourth-order valence-corrected chi connectivity index (χ4v) is 4.80. The number of rotatable bonds is 4. The zero-order chi connectivity index (χ0) is 22.9. The number of alkyl halides is 3. The molecule has 2 heterocycles. The Labute approximate surface area is 189 Å². The van der Waals surface area contributed by atoms with Crippen LogP contribution in [0.15, 0.2) is 36.5 Å². The summed E-state index contributed by atoms with van der Waals surface area (Å²) in [5, 5.41) is 2.98. The van der Waals surface area contributed by atoms with Crippen LogP contribution in [0.1, 0.15) is 29.7 Å². The van der Waals surface area contributed by atoms with Gasteiger partial charge in [0, 0.05) is 32.4 Å². The number of ether oxygens (including phenoxy) is 1. The molecule has 0 radical (unpaired) electrons. The first kappa shape index (κ1) is 22.7. The van der Waals surface area contributed by atoms with Gasteiger partial charge in [0.05, 0.1) is 29.3 Å². The van der Waals surface area contributed by atoms with Gasteiger partial charge in [-0.3, -0.25) is 4.90 Å². The Bertz CT molecular complexity index is 980. The summed E-state index contributed by atoms with van der Waals surface area (Å²) in [7, 11) is 0. The van der Waals surface area contributed by atoms with Crippen LogP contribution >= 0.6 is 11.6 Å². The fraction of sp³-hybridized carbons (Fsp3) is 0.455. The van der Waals surface area contributed by atoms with Gasteiger partial charge in [-0.05, 0) is 30.5 Å². The van der Waals surface area contributed by atoms with Crippen molar-refractivity contribution in [2.45, 2.75) is 31.6 Å². The van der Waals surface area contributed by atoms with Gasteiger partial charge in [0.25, 0.3) is 0 Å². The van der Waals surface area contributed by atoms with Crippen molar-refractivity contribution in [3.8, 4) is 0 Å². The molecule has 1 aliphatic carbocycles. The molecule has 0 spiro atoms. The molecule has 1 amide bonds. The van der Waals surface area contributed by atoms with Gasteiger partial charge in [-0.2, -0.15) is 13.2 Å². The number of halogens is 4. The molecule has 0 saturated carbocycles. The quantitative estimate of drug-likeness (QED) is 0.725. The average molecular weight is 469 g/mol. The minimum Gasteiger partial charge on any atom is -0.450 e. The number of pyridine rings is 1. The number of nitrogens with zero attached hydrogens (tertiary/aromatic N) is 3. The highest BCUT2D eigenvalue weighted by atomic mass is 35.5. The summed E-state index contributed by atoms with van der Waals surface area (Å²) in [4.78, 5) is 20.3. The molecule has 172 valence electrons. The van der Waals surface area contributed by atoms with E-state index in [0.717, 1.165) is 12.3 Å². The van der Waals surface area contributed by atoms with Crippen molar-refractivity contribution in [1.29, 1.82) is 0 Å². The van der Waals surface area contributed by atoms with Gasteiger partial charge in [-0.1, -0.05) is 35.9 Å². The second-order valence-electron chi connectivity index (χ2n) is 7.87. The molecule has 1 aromatic carbocycles. The molecule has 1 saturated heterocycles. The molecule has 1 aliphatic heterocycles. The van der Waals surface area contributed by atoms with Crippen molar-refractivity contribution < 1.29 is 22.7 Å². The third-order valence-electron chi connectivity index (χ3n) is 5.93. The van der Waals surface area contributed by atoms with Gasteiger partial charge in [0.1, 0.15) is 5.82 Å². The van der Waals surface area contributed by atoms with E-state index in [4.69, 9.17) is 16.3 Å². The number of carbonyl (C=O) groups excluding carboxylic acids is 1. The van der Waals surface area contributed by atoms with Crippen molar-refractivity contribution in [3.63, 3.8) is 0 Å². The predicted molar refractivity (Wildman–Crippen MR) is 115 cm³/mol. The van der Waals surface area contributed by atoms with E-state index in [0.29, 0.717) is 45.0 Å². The number of piperazine rings is 1. The van der Waals surface area contributed by atoms with E-state index in [9.17, 15) is 18.0 Å². The van der Waals surface area contributed by atoms with Gasteiger partial charge in [-0.25, -0.2) is 9.78 Å². The summed E-state index contributed by atoms with van der Waals surface area (Å²) in [6.07, 6.45) is -3.38. The van der Waals surface area contributed by atoms with Crippen LogP contribution in [0.25, 0.3) is 0 Å². The van der Waals surface area contributed by atoms with Crippen LogP contribution in [0.4, 0.5) is 23.8 Å². The third kappa shape index (κ3) is 4.63. The number of carbonyl (C=O) groups is 1. The average Bonchev–Trinajstić information content (AvgIpc) is 3.11. The minimum atomic E-state index is -4.48. The number of nitrogens with one attached hydrogen (secondary N) is 1. The van der Waals surface area contributed by atoms with Crippen molar-refractivity contribution in [2.24, 2.45) is 0 Å². The van der Waals surface area contributed by atoms with Crippen molar-refractivity contribution in [1.82, 2.24) is 15.2 Å². The van der Waals surface area contributed by atoms with Crippen molar-refractivity contribution in [2.75, 3.05) is 37.7 Å². The van der Waals surface area contributed by atoms with Crippen LogP contribution in [0.5, 0.6) is 0 Å². The van der Waals surface area contributed by atoms with Crippen LogP contribution in [0.2, 0.25) is 5.02 Å². The standard InChI is InChI=1S/C22H24ClF3N4O2/c1-2-32-21(31)28-18-11-14-5-3-4-6-16(14)19(18)29-7-9-30(10-8-29)20-17(23)12-15(13-27-20)22(24,25)26/h3-6,12-13,18-19H,2,7-11H2,1H3,(H,28,31)/t18-,19+/m0/s1. The minimum absolute atomic E-state index is 0.00575. The number of benzene rings is 1. The molecular weight excluding hydrogens is 445 g/mol. The second-order valence-corrected chi connectivity index (χ2v) is 8.28. The number of amides is 1. The molecule has 2 aliphatic rings. The number of hydrogen-bond donors (Lipinski definition) is 1. The fourth-order valence-electron chi connectivity index (χ4n) is 4.51. The Morgan fingerprint density at radius 3 is 2.62 bits per heavy atom. The third-order valence-corrected chi connectivity index (χ3v) is 6.21. The monoisotopic (exact) mass is 468 g/mol. The number of hydrogen-bond acceptors (Lipinski definition) is 5. The highest BCUT2D eigenvalue weighted by Crippen LogP contribution is 2.38. The first-order chi connectivity index (χ1) is 15.3. The molecule has 0 unspecified atom stereocenters. The molecule has 6 nitrogen and oxygen atoms in total. The highest BCUT2D eigenvalue weighted by Gasteiger charge is 2.39. The van der Waals surface area contributed by atoms with Gasteiger partial charge >= 0.3 is 12.3 Å². The maximum Gasteiger partial charge on any atom is 0.417 e. The molecule has 32 heavy (non-hydrogen) atoms. The summed E-state index contributed by atoms with van der Waals surface area (Å²) < 4.78 is 43.8. The van der Waals surface area contributed by atoms with Crippen LogP contribution in [0.3, 0.4) is 0 Å². The summed E-state index contributed by atoms with van der Waals surface area (Å²) >= 11 is 6.13. The molecule has 0 bridgehead atoms. The molecule has 4 rings (SSSR count). The lowest BCUT2D eigenvalue weighted by atomic mass is 10.0. The van der Waals surface area contributed by atoms with E-state index in [1.807, 2.05) is 17.0 Å². The lowest BCUT2D eigenvalue weighted by Crippen LogP contribution is -2.52. The highest BCUT2D eigenvalue weighted by molar-refractivity contribution is 6.33. The normalized spacial score (nSPS) is 21.3. The number of anilines is 1. The number of aromatic nitrogens is 1. The van der Waals surface area contributed by atoms with Gasteiger partial charge in [0.15, 0.2) is 0 Å². The van der Waals surface area contributed by atoms with Crippen LogP contribution in [-0.2, 0) is 17.3 Å². The number of fused-ring (bicyclic) bond motifs is 1. The van der Waals surface area contributed by atoms with E-state index in [-0.39, 0.29) is 17.1 Å². The van der Waals surface area contributed by atoms with Crippen molar-refractivity contribution in [3.05, 3.63) is 58.2 Å². The van der Waals surface area contributed by atoms with E-state index in [1.165, 1.54) is 11.1 Å². The van der Waals surface area contributed by atoms with E-state index >= 15 is 0 Å². The molecule has 10 heteroatoms. The van der Waals surface area contributed by atoms with E-state index < -0.39 is 17.8 Å². The predicted octanol–water partition coefficient (Wildman–Crippen LogP) is 4.29. The topological polar surface area (TPSA) is 57.7 Å². The van der Waals surface area contributed by atoms with E-state index in [1.54, 1.807) is 6.92 Å². The Morgan fingerprint density at radius 1 is 1.25 bits per heavy atom. The summed E-state index contributed by atoms with van der Waals surface area (Å²) in [5.74, 6) is 0.354. The van der Waals surface area contributed by atoms with Gasteiger partial charge in [-0.15, -0.1) is 0 Å². The number of alkyl carbamates (subject to hydrolysis) is 1. The molecular formula is C22H24ClF3N4O2. The zero-order valence-electron chi connectivity index (χ0n) is 17.5. The first-order valence-corrected chi connectivity index (χ1v) is 10.9. The molecule has 1 aromatic heterocycles. The van der Waals surface area contributed by atoms with Crippen LogP contribution in [-0.4, -0.2) is 54.8 Å². The molecule has 2 aromatic rings. The van der Waals surface area contributed by atoms with E-state index in [2.05, 4.69) is 27.3 Å². The maximum absolute atomic E-state index is 12.9. The molecule has 1 fully saturated rings. The van der Waals surface area contributed by atoms with Crippen LogP contribution < -0.4 is 10.2 Å². The summed E-state index contributed by atoms with van der Waals surface area (Å²) in [6, 6.07) is 8.91. The summed E-state index contributed by atoms with van der Waals surface area (Å²) in [5.41, 5.74) is 1.50. The zero-order valence-corrected chi connectivity index (χ0v) is 18.3. The van der Waals surface area contributed by atoms with Gasteiger partial charge in [0.2, 0.25) is 0 Å². The summed E-state index contributed by atoms with van der Waals surface area (Å²) in [6.45, 7) is 4.49. The Hall–Kier alpha value is -2.52. The van der Waals surface area contributed by atoms with Crippen molar-refractivity contribution >= 4 is 23.5 Å². The Morgan fingerprint density at radius 2 is 1.97 bits per heavy atom. The Balaban J connectivity index is 1.48. The molecule has 2 atom stereocenters. The first-order valence-electron chi connectivity index (χ1n) is 10.5.